The molecule has 0 spiro atoms. The summed E-state index contributed by atoms with van der Waals surface area (Å²) in [5, 5.41) is 6.19. The summed E-state index contributed by atoms with van der Waals surface area (Å²) in [4.78, 5) is 2.51. The Balaban J connectivity index is 1.30. The normalized spacial score (nSPS) is 12.3. The summed E-state index contributed by atoms with van der Waals surface area (Å²) in [5.41, 5.74) is 6.32. The maximum absolute atomic E-state index is 4.69. The number of nitrogens with zero attached hydrogens (tertiary/aromatic N) is 4. The van der Waals surface area contributed by atoms with Crippen molar-refractivity contribution in [1.29, 1.82) is 0 Å². The molecule has 0 radical (unpaired) electrons. The molecule has 0 N–H and O–H groups in total. The predicted octanol–water partition coefficient (Wildman–Crippen LogP) is 9.83. The highest BCUT2D eigenvalue weighted by molar-refractivity contribution is 7.45. The molecule has 0 fully saturated rings. The minimum absolute atomic E-state index is 0.968. The summed E-state index contributed by atoms with van der Waals surface area (Å²) in [6.07, 6.45) is 0. The lowest BCUT2D eigenvalue weighted by atomic mass is 10.0. The molecule has 0 aliphatic heterocycles. The van der Waals surface area contributed by atoms with E-state index in [4.69, 9.17) is 0 Å². The Hall–Kier alpha value is -3.34. The standard InChI is InChI=1S/C28H12N4S5/c1-3-7-15-13(5-1)9-18-25(31-36-29-18)23(15)20-11-17-27-22(35-28(17)34-20)12-21(33-27)24-16-8-4-2-6-14(16)10-19-26(24)32-37-30-19/h1-12H. The number of hydrogen-bond donors (Lipinski definition) is 0. The van der Waals surface area contributed by atoms with Crippen molar-refractivity contribution in [2.24, 2.45) is 0 Å². The van der Waals surface area contributed by atoms with Crippen molar-refractivity contribution in [3.63, 3.8) is 0 Å². The summed E-state index contributed by atoms with van der Waals surface area (Å²) < 4.78 is 22.5. The Morgan fingerprint density at radius 2 is 1.11 bits per heavy atom. The highest BCUT2D eigenvalue weighted by Crippen LogP contribution is 2.50. The van der Waals surface area contributed by atoms with E-state index >= 15 is 0 Å². The molecule has 0 saturated heterocycles. The van der Waals surface area contributed by atoms with Crippen molar-refractivity contribution in [3.8, 4) is 20.9 Å². The zero-order valence-electron chi connectivity index (χ0n) is 18.8. The number of rotatable bonds is 2. The van der Waals surface area contributed by atoms with Crippen LogP contribution in [0.25, 0.3) is 83.3 Å². The van der Waals surface area contributed by atoms with Crippen molar-refractivity contribution in [3.05, 3.63) is 72.8 Å². The molecule has 0 amide bonds. The van der Waals surface area contributed by atoms with Crippen LogP contribution in [0, 0.1) is 0 Å². The Kier molecular flexibility index (Phi) is 4.25. The van der Waals surface area contributed by atoms with E-state index in [-0.39, 0.29) is 0 Å². The van der Waals surface area contributed by atoms with Gasteiger partial charge in [0.1, 0.15) is 22.1 Å². The molecule has 4 nitrogen and oxygen atoms in total. The van der Waals surface area contributed by atoms with E-state index in [2.05, 4.69) is 90.3 Å². The summed E-state index contributed by atoms with van der Waals surface area (Å²) in [5.74, 6) is 0. The average Bonchev–Trinajstić information content (AvgIpc) is 3.73. The zero-order valence-corrected chi connectivity index (χ0v) is 22.8. The fourth-order valence-corrected chi connectivity index (χ4v) is 10.4. The molecule has 0 aliphatic carbocycles. The summed E-state index contributed by atoms with van der Waals surface area (Å²) in [6, 6.07) is 26.1. The second kappa shape index (κ2) is 7.59. The van der Waals surface area contributed by atoms with Gasteiger partial charge in [0.05, 0.1) is 32.2 Å². The van der Waals surface area contributed by atoms with Crippen molar-refractivity contribution < 1.29 is 0 Å². The third kappa shape index (κ3) is 2.91. The maximum Gasteiger partial charge on any atom is 0.114 e. The first-order valence-electron chi connectivity index (χ1n) is 11.6. The van der Waals surface area contributed by atoms with Crippen LogP contribution < -0.4 is 0 Å². The van der Waals surface area contributed by atoms with Gasteiger partial charge in [-0.15, -0.1) is 34.0 Å². The van der Waals surface area contributed by atoms with E-state index in [1.54, 1.807) is 0 Å². The second-order valence-electron chi connectivity index (χ2n) is 8.93. The van der Waals surface area contributed by atoms with E-state index in [9.17, 15) is 0 Å². The Bertz CT molecular complexity index is 2170. The molecule has 5 aromatic heterocycles. The Labute approximate surface area is 229 Å². The van der Waals surface area contributed by atoms with Crippen molar-refractivity contribution in [2.75, 3.05) is 0 Å². The minimum Gasteiger partial charge on any atom is -0.173 e. The zero-order chi connectivity index (χ0) is 24.1. The maximum atomic E-state index is 4.69. The third-order valence-electron chi connectivity index (χ3n) is 6.88. The van der Waals surface area contributed by atoms with Crippen LogP contribution in [0.5, 0.6) is 0 Å². The quantitative estimate of drug-likeness (QED) is 0.210. The van der Waals surface area contributed by atoms with Crippen LogP contribution in [0.15, 0.2) is 72.8 Å². The van der Waals surface area contributed by atoms with Crippen molar-refractivity contribution in [1.82, 2.24) is 17.5 Å². The van der Waals surface area contributed by atoms with Crippen LogP contribution in [0.4, 0.5) is 0 Å². The Morgan fingerprint density at radius 1 is 0.514 bits per heavy atom. The SMILES string of the molecule is c1ccc2c(-c3cc4c(s3)sc3cc(-c5c6ccccc6cc6nsnc56)sc34)c3nsnc3cc2c1. The molecule has 0 saturated carbocycles. The number of aromatic nitrogens is 4. The number of fused-ring (bicyclic) bond motifs is 7. The van der Waals surface area contributed by atoms with Gasteiger partial charge < -0.3 is 0 Å². The first-order valence-corrected chi connectivity index (χ1v) is 15.5. The van der Waals surface area contributed by atoms with E-state index in [0.29, 0.717) is 0 Å². The van der Waals surface area contributed by atoms with Crippen molar-refractivity contribution >= 4 is 120 Å². The molecule has 4 aromatic carbocycles. The van der Waals surface area contributed by atoms with Crippen LogP contribution in [0.2, 0.25) is 0 Å². The van der Waals surface area contributed by atoms with Gasteiger partial charge in [0.25, 0.3) is 0 Å². The summed E-state index contributed by atoms with van der Waals surface area (Å²) in [6.45, 7) is 0. The van der Waals surface area contributed by atoms with Gasteiger partial charge in [0, 0.05) is 31.0 Å². The minimum atomic E-state index is 0.968. The number of hydrogen-bond acceptors (Lipinski definition) is 9. The van der Waals surface area contributed by atoms with E-state index in [1.165, 1.54) is 84.7 Å². The van der Waals surface area contributed by atoms with E-state index in [0.717, 1.165) is 22.1 Å². The first kappa shape index (κ1) is 20.7. The van der Waals surface area contributed by atoms with Crippen LogP contribution >= 0.6 is 57.5 Å². The third-order valence-corrected chi connectivity index (χ3v) is 11.7. The molecular weight excluding hydrogens is 553 g/mol. The van der Waals surface area contributed by atoms with Crippen molar-refractivity contribution in [2.45, 2.75) is 0 Å². The highest BCUT2D eigenvalue weighted by Gasteiger charge is 2.21. The van der Waals surface area contributed by atoms with Gasteiger partial charge in [-0.25, -0.2) is 0 Å². The molecule has 174 valence electrons. The number of thiophene rings is 3. The summed E-state index contributed by atoms with van der Waals surface area (Å²) in [7, 11) is 0. The smallest absolute Gasteiger partial charge is 0.114 e. The topological polar surface area (TPSA) is 51.6 Å². The predicted molar refractivity (Wildman–Crippen MR) is 163 cm³/mol. The van der Waals surface area contributed by atoms with Gasteiger partial charge in [-0.05, 0) is 45.8 Å². The highest BCUT2D eigenvalue weighted by atomic mass is 32.2. The molecule has 9 heteroatoms. The fourth-order valence-electron chi connectivity index (χ4n) is 5.27. The van der Waals surface area contributed by atoms with Crippen LogP contribution in [-0.4, -0.2) is 17.5 Å². The van der Waals surface area contributed by atoms with Gasteiger partial charge in [-0.2, -0.15) is 17.5 Å². The molecule has 5 heterocycles. The molecule has 0 bridgehead atoms. The van der Waals surface area contributed by atoms with Gasteiger partial charge >= 0.3 is 0 Å². The molecule has 0 atom stereocenters. The molecule has 0 unspecified atom stereocenters. The molecule has 0 aliphatic rings. The van der Waals surface area contributed by atoms with Crippen LogP contribution in [0.1, 0.15) is 0 Å². The summed E-state index contributed by atoms with van der Waals surface area (Å²) >= 11 is 8.18. The van der Waals surface area contributed by atoms with E-state index < -0.39 is 0 Å². The largest absolute Gasteiger partial charge is 0.173 e. The van der Waals surface area contributed by atoms with Gasteiger partial charge in [-0.1, -0.05) is 48.5 Å². The lowest BCUT2D eigenvalue weighted by Crippen LogP contribution is -1.82. The second-order valence-corrected chi connectivity index (χ2v) is 13.4. The van der Waals surface area contributed by atoms with Gasteiger partial charge in [0.15, 0.2) is 0 Å². The Morgan fingerprint density at radius 3 is 1.76 bits per heavy atom. The lowest BCUT2D eigenvalue weighted by molar-refractivity contribution is 1.67. The van der Waals surface area contributed by atoms with Crippen LogP contribution in [0.3, 0.4) is 0 Å². The molecule has 9 rings (SSSR count). The van der Waals surface area contributed by atoms with Gasteiger partial charge in [0.2, 0.25) is 0 Å². The lowest BCUT2D eigenvalue weighted by Gasteiger charge is -2.05. The number of benzene rings is 4. The fraction of sp³-hybridized carbons (Fsp3) is 0. The first-order chi connectivity index (χ1) is 18.3. The molecule has 37 heavy (non-hydrogen) atoms. The van der Waals surface area contributed by atoms with E-state index in [1.807, 2.05) is 34.0 Å². The average molecular weight is 565 g/mol. The van der Waals surface area contributed by atoms with Crippen LogP contribution in [-0.2, 0) is 0 Å². The molecular formula is C28H12N4S5. The monoisotopic (exact) mass is 564 g/mol. The molecule has 9 aromatic rings. The van der Waals surface area contributed by atoms with Gasteiger partial charge in [-0.3, -0.25) is 0 Å².